The molecule has 7 nitrogen and oxygen atoms in total. The standard InChI is InChI=1S/C37H38F2N2O5S2/c1-43-36(7-11-45-12-8-36)27-17-29(38)21-32(19-27)47-34-5-3-25(23-40-34)15-31(42)16-26-4-6-35(41-24-26)48-33-20-28(18-30(39)22-33)37(44-2)9-13-46-14-10-37/h3-6,17-24H,7-16H2,1-2H3. The van der Waals surface area contributed by atoms with Crippen molar-refractivity contribution < 1.29 is 32.5 Å². The molecule has 0 saturated carbocycles. The van der Waals surface area contributed by atoms with E-state index in [4.69, 9.17) is 18.9 Å². The van der Waals surface area contributed by atoms with E-state index in [1.165, 1.54) is 47.8 Å². The second-order valence-corrected chi connectivity index (χ2v) is 14.3. The molecule has 2 saturated heterocycles. The zero-order valence-corrected chi connectivity index (χ0v) is 28.6. The first kappa shape index (κ1) is 34.7. The van der Waals surface area contributed by atoms with Crippen LogP contribution in [0.25, 0.3) is 0 Å². The molecular formula is C37H38F2N2O5S2. The molecule has 4 heterocycles. The zero-order chi connectivity index (χ0) is 33.6. The van der Waals surface area contributed by atoms with Gasteiger partial charge in [-0.3, -0.25) is 4.79 Å². The lowest BCUT2D eigenvalue weighted by Gasteiger charge is -2.36. The normalized spacial score (nSPS) is 17.2. The summed E-state index contributed by atoms with van der Waals surface area (Å²) in [6.07, 6.45) is 6.51. The topological polar surface area (TPSA) is 79.8 Å². The molecule has 0 unspecified atom stereocenters. The number of Topliss-reactive ketones (excluding diaryl/α,β-unsaturated/α-hetero) is 1. The Bertz CT molecular complexity index is 1590. The minimum atomic E-state index is -0.563. The molecule has 4 aromatic rings. The van der Waals surface area contributed by atoms with Crippen molar-refractivity contribution in [2.75, 3.05) is 40.6 Å². The molecule has 2 fully saturated rings. The van der Waals surface area contributed by atoms with Gasteiger partial charge in [0, 0.05) is 101 Å². The average Bonchev–Trinajstić information content (AvgIpc) is 3.10. The van der Waals surface area contributed by atoms with Crippen molar-refractivity contribution in [2.45, 2.75) is 69.6 Å². The molecule has 6 rings (SSSR count). The minimum Gasteiger partial charge on any atom is -0.381 e. The van der Waals surface area contributed by atoms with Gasteiger partial charge in [-0.05, 0) is 70.8 Å². The van der Waals surface area contributed by atoms with Crippen LogP contribution in [0.15, 0.2) is 92.9 Å². The van der Waals surface area contributed by atoms with Crippen LogP contribution in [-0.2, 0) is 47.8 Å². The molecule has 2 aromatic carbocycles. The maximum Gasteiger partial charge on any atom is 0.141 e. The highest BCUT2D eigenvalue weighted by molar-refractivity contribution is 7.99. The fraction of sp³-hybridized carbons (Fsp3) is 0.378. The van der Waals surface area contributed by atoms with Crippen molar-refractivity contribution in [1.29, 1.82) is 0 Å². The first-order chi connectivity index (χ1) is 23.3. The summed E-state index contributed by atoms with van der Waals surface area (Å²) in [4.78, 5) is 23.4. The Morgan fingerprint density at radius 3 is 1.46 bits per heavy atom. The second-order valence-electron chi connectivity index (χ2n) is 12.1. The van der Waals surface area contributed by atoms with Crippen LogP contribution in [0.2, 0.25) is 0 Å². The van der Waals surface area contributed by atoms with Gasteiger partial charge in [0.25, 0.3) is 0 Å². The van der Waals surface area contributed by atoms with Crippen molar-refractivity contribution >= 4 is 29.3 Å². The van der Waals surface area contributed by atoms with Crippen LogP contribution in [0.5, 0.6) is 0 Å². The highest BCUT2D eigenvalue weighted by atomic mass is 32.2. The van der Waals surface area contributed by atoms with Gasteiger partial charge in [0.2, 0.25) is 0 Å². The number of pyridine rings is 2. The molecule has 11 heteroatoms. The molecule has 0 aliphatic carbocycles. The van der Waals surface area contributed by atoms with Crippen LogP contribution in [0.3, 0.4) is 0 Å². The third-order valence-electron chi connectivity index (χ3n) is 9.02. The number of hydrogen-bond acceptors (Lipinski definition) is 9. The number of ketones is 1. The van der Waals surface area contributed by atoms with E-state index in [-0.39, 0.29) is 30.3 Å². The molecule has 2 aromatic heterocycles. The molecule has 0 atom stereocenters. The molecule has 0 N–H and O–H groups in total. The van der Waals surface area contributed by atoms with Crippen molar-refractivity contribution in [3.05, 3.63) is 107 Å². The third kappa shape index (κ3) is 8.33. The van der Waals surface area contributed by atoms with Crippen molar-refractivity contribution in [1.82, 2.24) is 9.97 Å². The van der Waals surface area contributed by atoms with E-state index < -0.39 is 11.2 Å². The van der Waals surface area contributed by atoms with Crippen molar-refractivity contribution in [3.8, 4) is 0 Å². The van der Waals surface area contributed by atoms with E-state index in [0.717, 1.165) is 32.0 Å². The molecule has 0 spiro atoms. The van der Waals surface area contributed by atoms with Crippen LogP contribution in [0, 0.1) is 11.6 Å². The number of carbonyl (C=O) groups is 1. The van der Waals surface area contributed by atoms with Crippen LogP contribution < -0.4 is 0 Å². The van der Waals surface area contributed by atoms with Crippen LogP contribution >= 0.6 is 23.5 Å². The van der Waals surface area contributed by atoms with E-state index in [9.17, 15) is 13.6 Å². The van der Waals surface area contributed by atoms with Gasteiger partial charge in [0.1, 0.15) is 27.5 Å². The number of halogens is 2. The van der Waals surface area contributed by atoms with Crippen molar-refractivity contribution in [3.63, 3.8) is 0 Å². The number of rotatable bonds is 12. The van der Waals surface area contributed by atoms with Gasteiger partial charge in [0.15, 0.2) is 0 Å². The molecule has 0 bridgehead atoms. The number of nitrogens with zero attached hydrogens (tertiary/aromatic N) is 2. The molecule has 0 radical (unpaired) electrons. The molecule has 252 valence electrons. The Morgan fingerprint density at radius 2 is 1.10 bits per heavy atom. The highest BCUT2D eigenvalue weighted by Gasteiger charge is 2.36. The molecule has 2 aliphatic heterocycles. The van der Waals surface area contributed by atoms with Gasteiger partial charge in [0.05, 0.1) is 11.2 Å². The van der Waals surface area contributed by atoms with Crippen LogP contribution in [-0.4, -0.2) is 56.4 Å². The molecule has 48 heavy (non-hydrogen) atoms. The van der Waals surface area contributed by atoms with E-state index in [0.29, 0.717) is 62.2 Å². The Labute approximate surface area is 288 Å². The van der Waals surface area contributed by atoms with E-state index in [2.05, 4.69) is 9.97 Å². The molecule has 2 aliphatic rings. The highest BCUT2D eigenvalue weighted by Crippen LogP contribution is 2.40. The first-order valence-corrected chi connectivity index (χ1v) is 17.6. The summed E-state index contributed by atoms with van der Waals surface area (Å²) in [5, 5.41) is 1.41. The molecular weight excluding hydrogens is 655 g/mol. The number of carbonyl (C=O) groups excluding carboxylic acids is 1. The lowest BCUT2D eigenvalue weighted by molar-refractivity contribution is -0.117. The fourth-order valence-electron chi connectivity index (χ4n) is 6.30. The SMILES string of the molecule is COC1(c2cc(F)cc(Sc3ccc(CC(=O)Cc4ccc(Sc5cc(F)cc(C6(OC)CCOCC6)c5)nc4)cn3)c2)CCOCC1. The largest absolute Gasteiger partial charge is 0.381 e. The summed E-state index contributed by atoms with van der Waals surface area (Å²) in [5.41, 5.74) is 2.06. The predicted molar refractivity (Wildman–Crippen MR) is 179 cm³/mol. The number of benzene rings is 2. The maximum absolute atomic E-state index is 14.6. The first-order valence-electron chi connectivity index (χ1n) is 15.9. The lowest BCUT2D eigenvalue weighted by atomic mass is 9.86. The van der Waals surface area contributed by atoms with Gasteiger partial charge in [-0.2, -0.15) is 0 Å². The second kappa shape index (κ2) is 15.6. The summed E-state index contributed by atoms with van der Waals surface area (Å²) >= 11 is 2.73. The summed E-state index contributed by atoms with van der Waals surface area (Å²) in [5.74, 6) is -0.614. The number of hydrogen-bond donors (Lipinski definition) is 0. The number of methoxy groups -OCH3 is 2. The Morgan fingerprint density at radius 1 is 0.688 bits per heavy atom. The van der Waals surface area contributed by atoms with E-state index >= 15 is 0 Å². The average molecular weight is 693 g/mol. The zero-order valence-electron chi connectivity index (χ0n) is 27.0. The Balaban J connectivity index is 1.04. The summed E-state index contributed by atoms with van der Waals surface area (Å²) in [6.45, 7) is 2.28. The smallest absolute Gasteiger partial charge is 0.141 e. The molecule has 0 amide bonds. The van der Waals surface area contributed by atoms with Crippen molar-refractivity contribution in [2.24, 2.45) is 0 Å². The Hall–Kier alpha value is -3.19. The van der Waals surface area contributed by atoms with Gasteiger partial charge in [-0.25, -0.2) is 18.7 Å². The van der Waals surface area contributed by atoms with Gasteiger partial charge in [-0.15, -0.1) is 0 Å². The van der Waals surface area contributed by atoms with Gasteiger partial charge >= 0.3 is 0 Å². The van der Waals surface area contributed by atoms with Crippen LogP contribution in [0.1, 0.15) is 47.9 Å². The Kier molecular flexibility index (Phi) is 11.2. The maximum atomic E-state index is 14.6. The number of aromatic nitrogens is 2. The van der Waals surface area contributed by atoms with E-state index in [1.807, 2.05) is 36.4 Å². The third-order valence-corrected chi connectivity index (χ3v) is 10.9. The van der Waals surface area contributed by atoms with E-state index in [1.54, 1.807) is 26.6 Å². The fourth-order valence-corrected chi connectivity index (χ4v) is 7.98. The predicted octanol–water partition coefficient (Wildman–Crippen LogP) is 7.72. The number of ether oxygens (including phenoxy) is 4. The quantitative estimate of drug-likeness (QED) is 0.148. The monoisotopic (exact) mass is 692 g/mol. The summed E-state index contributed by atoms with van der Waals surface area (Å²) in [7, 11) is 3.32. The van der Waals surface area contributed by atoms with Crippen LogP contribution in [0.4, 0.5) is 8.78 Å². The van der Waals surface area contributed by atoms with Gasteiger partial charge < -0.3 is 18.9 Å². The minimum absolute atomic E-state index is 0.0339. The summed E-state index contributed by atoms with van der Waals surface area (Å²) < 4.78 is 52.0. The van der Waals surface area contributed by atoms with Gasteiger partial charge in [-0.1, -0.05) is 35.7 Å². The lowest BCUT2D eigenvalue weighted by Crippen LogP contribution is -2.35. The summed E-state index contributed by atoms with van der Waals surface area (Å²) in [6, 6.07) is 17.4.